The molecule has 0 bridgehead atoms. The first-order valence-corrected chi connectivity index (χ1v) is 9.81. The van der Waals surface area contributed by atoms with E-state index in [0.29, 0.717) is 17.0 Å². The van der Waals surface area contributed by atoms with Crippen molar-refractivity contribution in [3.63, 3.8) is 0 Å². The summed E-state index contributed by atoms with van der Waals surface area (Å²) in [4.78, 5) is 49.5. The molecule has 0 radical (unpaired) electrons. The Morgan fingerprint density at radius 1 is 1.00 bits per heavy atom. The zero-order chi connectivity index (χ0) is 22.8. The van der Waals surface area contributed by atoms with Crippen LogP contribution in [0.4, 0.5) is 10.5 Å². The fourth-order valence-corrected chi connectivity index (χ4v) is 3.28. The molecule has 2 heterocycles. The molecule has 3 aromatic rings. The maximum atomic E-state index is 13.0. The second kappa shape index (κ2) is 8.35. The third-order valence-electron chi connectivity index (χ3n) is 5.03. The lowest BCUT2D eigenvalue weighted by atomic mass is 10.1. The van der Waals surface area contributed by atoms with E-state index >= 15 is 0 Å². The molecule has 2 aromatic carbocycles. The molecule has 0 unspecified atom stereocenters. The largest absolute Gasteiger partial charge is 0.478 e. The van der Waals surface area contributed by atoms with Crippen molar-refractivity contribution in [1.29, 1.82) is 0 Å². The number of aromatic carboxylic acids is 1. The number of benzene rings is 2. The Labute approximate surface area is 182 Å². The zero-order valence-electron chi connectivity index (χ0n) is 17.0. The maximum absolute atomic E-state index is 13.0. The molecule has 0 spiro atoms. The summed E-state index contributed by atoms with van der Waals surface area (Å²) in [6, 6.07) is 15.4. The lowest BCUT2D eigenvalue weighted by molar-refractivity contribution is -0.122. The first-order chi connectivity index (χ1) is 15.4. The first-order valence-electron chi connectivity index (χ1n) is 9.81. The number of anilines is 1. The number of hydrogen-bond donors (Lipinski definition) is 2. The van der Waals surface area contributed by atoms with Gasteiger partial charge >= 0.3 is 12.0 Å². The summed E-state index contributed by atoms with van der Waals surface area (Å²) in [6.45, 7) is 1.99. The number of carboxylic acid groups (broad SMARTS) is 1. The molecule has 2 N–H and O–H groups in total. The Balaban J connectivity index is 1.62. The Morgan fingerprint density at radius 2 is 1.69 bits per heavy atom. The van der Waals surface area contributed by atoms with Crippen molar-refractivity contribution in [3.05, 3.63) is 83.1 Å². The quantitative estimate of drug-likeness (QED) is 0.469. The van der Waals surface area contributed by atoms with Crippen molar-refractivity contribution >= 4 is 35.6 Å². The number of aryl methyl sites for hydroxylation is 1. The van der Waals surface area contributed by atoms with Crippen LogP contribution >= 0.6 is 0 Å². The number of urea groups is 1. The molecule has 4 rings (SSSR count). The van der Waals surface area contributed by atoms with Crippen LogP contribution < -0.4 is 10.2 Å². The van der Waals surface area contributed by atoms with Gasteiger partial charge in [0, 0.05) is 5.56 Å². The SMILES string of the molecule is CCc1ccc(N2C(=O)NC(=O)/C(=C/c3ccc(-c4ccc(C(=O)O)cc4)o3)C2=O)cc1. The normalized spacial score (nSPS) is 15.2. The maximum Gasteiger partial charge on any atom is 0.335 e. The minimum atomic E-state index is -1.04. The summed E-state index contributed by atoms with van der Waals surface area (Å²) < 4.78 is 5.71. The van der Waals surface area contributed by atoms with Crippen molar-refractivity contribution in [2.75, 3.05) is 4.90 Å². The summed E-state index contributed by atoms with van der Waals surface area (Å²) in [5.74, 6) is -1.94. The van der Waals surface area contributed by atoms with E-state index in [4.69, 9.17) is 9.52 Å². The highest BCUT2D eigenvalue weighted by molar-refractivity contribution is 6.39. The van der Waals surface area contributed by atoms with E-state index in [1.54, 1.807) is 36.4 Å². The van der Waals surface area contributed by atoms with E-state index in [2.05, 4.69) is 5.32 Å². The lowest BCUT2D eigenvalue weighted by Crippen LogP contribution is -2.54. The Kier molecular flexibility index (Phi) is 5.43. The second-order valence-corrected chi connectivity index (χ2v) is 7.06. The molecule has 4 amide bonds. The summed E-state index contributed by atoms with van der Waals surface area (Å²) >= 11 is 0. The van der Waals surface area contributed by atoms with Crippen LogP contribution in [0.15, 0.2) is 70.7 Å². The van der Waals surface area contributed by atoms with Crippen LogP contribution in [0.25, 0.3) is 17.4 Å². The molecule has 1 fully saturated rings. The molecule has 0 atom stereocenters. The summed E-state index contributed by atoms with van der Waals surface area (Å²) in [5.41, 5.74) is 1.92. The van der Waals surface area contributed by atoms with Crippen LogP contribution in [0, 0.1) is 0 Å². The highest BCUT2D eigenvalue weighted by Crippen LogP contribution is 2.26. The first kappa shape index (κ1) is 20.8. The molecule has 0 aliphatic carbocycles. The number of amides is 4. The van der Waals surface area contributed by atoms with Gasteiger partial charge in [0.15, 0.2) is 0 Å². The van der Waals surface area contributed by atoms with Crippen LogP contribution in [0.3, 0.4) is 0 Å². The van der Waals surface area contributed by atoms with Crippen molar-refractivity contribution in [1.82, 2.24) is 5.32 Å². The van der Waals surface area contributed by atoms with Gasteiger partial charge in [0.05, 0.1) is 11.3 Å². The Morgan fingerprint density at radius 3 is 2.31 bits per heavy atom. The number of nitrogens with one attached hydrogen (secondary N) is 1. The van der Waals surface area contributed by atoms with Gasteiger partial charge in [-0.2, -0.15) is 0 Å². The highest BCUT2D eigenvalue weighted by Gasteiger charge is 2.37. The summed E-state index contributed by atoms with van der Waals surface area (Å²) in [5, 5.41) is 11.2. The number of carboxylic acids is 1. The number of hydrogen-bond acceptors (Lipinski definition) is 5. The molecule has 0 saturated carbocycles. The monoisotopic (exact) mass is 430 g/mol. The fourth-order valence-electron chi connectivity index (χ4n) is 3.28. The van der Waals surface area contributed by atoms with Gasteiger partial charge in [0.1, 0.15) is 17.1 Å². The zero-order valence-corrected chi connectivity index (χ0v) is 17.0. The van der Waals surface area contributed by atoms with Crippen LogP contribution in [-0.4, -0.2) is 28.9 Å². The molecular formula is C24H18N2O6. The number of carbonyl (C=O) groups excluding carboxylic acids is 3. The molecule has 32 heavy (non-hydrogen) atoms. The van der Waals surface area contributed by atoms with Gasteiger partial charge in [-0.15, -0.1) is 0 Å². The summed E-state index contributed by atoms with van der Waals surface area (Å²) in [6.07, 6.45) is 2.08. The van der Waals surface area contributed by atoms with E-state index in [-0.39, 0.29) is 16.9 Å². The third kappa shape index (κ3) is 3.93. The van der Waals surface area contributed by atoms with E-state index in [1.165, 1.54) is 18.2 Å². The molecule has 1 saturated heterocycles. The van der Waals surface area contributed by atoms with Crippen LogP contribution in [0.5, 0.6) is 0 Å². The summed E-state index contributed by atoms with van der Waals surface area (Å²) in [7, 11) is 0. The number of furan rings is 1. The van der Waals surface area contributed by atoms with E-state index in [0.717, 1.165) is 16.9 Å². The number of barbiturate groups is 1. The highest BCUT2D eigenvalue weighted by atomic mass is 16.4. The van der Waals surface area contributed by atoms with E-state index in [9.17, 15) is 19.2 Å². The van der Waals surface area contributed by atoms with Crippen LogP contribution in [0.2, 0.25) is 0 Å². The molecule has 1 aliphatic rings. The average molecular weight is 430 g/mol. The molecule has 160 valence electrons. The van der Waals surface area contributed by atoms with Gasteiger partial charge < -0.3 is 9.52 Å². The fraction of sp³-hybridized carbons (Fsp3) is 0.0833. The lowest BCUT2D eigenvalue weighted by Gasteiger charge is -2.26. The topological polar surface area (TPSA) is 117 Å². The van der Waals surface area contributed by atoms with Gasteiger partial charge in [0.25, 0.3) is 11.8 Å². The van der Waals surface area contributed by atoms with Gasteiger partial charge in [-0.1, -0.05) is 31.2 Å². The predicted molar refractivity (Wildman–Crippen MR) is 116 cm³/mol. The predicted octanol–water partition coefficient (Wildman–Crippen LogP) is 3.87. The van der Waals surface area contributed by atoms with E-state index < -0.39 is 23.8 Å². The van der Waals surface area contributed by atoms with E-state index in [1.807, 2.05) is 19.1 Å². The van der Waals surface area contributed by atoms with Gasteiger partial charge in [-0.25, -0.2) is 14.5 Å². The molecular weight excluding hydrogens is 412 g/mol. The number of nitrogens with zero attached hydrogens (tertiary/aromatic N) is 1. The van der Waals surface area contributed by atoms with Crippen LogP contribution in [0.1, 0.15) is 28.6 Å². The molecule has 1 aliphatic heterocycles. The minimum Gasteiger partial charge on any atom is -0.478 e. The van der Waals surface area contributed by atoms with Crippen LogP contribution in [-0.2, 0) is 16.0 Å². The third-order valence-corrected chi connectivity index (χ3v) is 5.03. The average Bonchev–Trinajstić information content (AvgIpc) is 3.26. The Bertz CT molecular complexity index is 1250. The van der Waals surface area contributed by atoms with Gasteiger partial charge in [-0.3, -0.25) is 14.9 Å². The van der Waals surface area contributed by atoms with Crippen molar-refractivity contribution in [2.24, 2.45) is 0 Å². The second-order valence-electron chi connectivity index (χ2n) is 7.06. The smallest absolute Gasteiger partial charge is 0.335 e. The molecule has 8 heteroatoms. The molecule has 1 aromatic heterocycles. The van der Waals surface area contributed by atoms with Crippen molar-refractivity contribution in [3.8, 4) is 11.3 Å². The number of rotatable bonds is 5. The number of imide groups is 2. The molecule has 8 nitrogen and oxygen atoms in total. The van der Waals surface area contributed by atoms with Gasteiger partial charge in [-0.05, 0) is 54.5 Å². The van der Waals surface area contributed by atoms with Crippen molar-refractivity contribution < 1.29 is 28.7 Å². The standard InChI is InChI=1S/C24H18N2O6/c1-2-14-3-9-17(10-4-14)26-22(28)19(21(27)25-24(26)31)13-18-11-12-20(32-18)15-5-7-16(8-6-15)23(29)30/h3-13H,2H2,1H3,(H,29,30)(H,25,27,31)/b19-13-. The van der Waals surface area contributed by atoms with Crippen molar-refractivity contribution in [2.45, 2.75) is 13.3 Å². The number of carbonyl (C=O) groups is 4. The Hall–Kier alpha value is -4.46. The van der Waals surface area contributed by atoms with Gasteiger partial charge in [0.2, 0.25) is 0 Å². The minimum absolute atomic E-state index is 0.142.